The number of halogens is 1. The summed E-state index contributed by atoms with van der Waals surface area (Å²) in [6.07, 6.45) is 0.952. The minimum Gasteiger partial charge on any atom is -0.378 e. The third-order valence-electron chi connectivity index (χ3n) is 4.96. The quantitative estimate of drug-likeness (QED) is 0.721. The number of anilines is 2. The van der Waals surface area contributed by atoms with Crippen molar-refractivity contribution in [2.75, 3.05) is 41.8 Å². The highest BCUT2D eigenvalue weighted by Crippen LogP contribution is 2.24. The molecule has 1 saturated heterocycles. The maximum Gasteiger partial charge on any atom is 0.243 e. The molecule has 3 rings (SSSR count). The van der Waals surface area contributed by atoms with Crippen molar-refractivity contribution in [3.05, 3.63) is 59.9 Å². The fourth-order valence-electron chi connectivity index (χ4n) is 3.39. The lowest BCUT2D eigenvalue weighted by Gasteiger charge is -2.29. The zero-order valence-electron chi connectivity index (χ0n) is 17.0. The van der Waals surface area contributed by atoms with Crippen LogP contribution in [0.2, 0.25) is 0 Å². The summed E-state index contributed by atoms with van der Waals surface area (Å²) in [6, 6.07) is 12.2. The predicted octanol–water partition coefficient (Wildman–Crippen LogP) is 2.13. The van der Waals surface area contributed by atoms with E-state index in [1.807, 2.05) is 24.3 Å². The van der Waals surface area contributed by atoms with Gasteiger partial charge < -0.3 is 15.0 Å². The van der Waals surface area contributed by atoms with Crippen LogP contribution in [-0.2, 0) is 26.1 Å². The summed E-state index contributed by atoms with van der Waals surface area (Å²) in [4.78, 5) is 14.9. The molecule has 0 bridgehead atoms. The number of amides is 1. The number of sulfonamides is 1. The first-order valence-electron chi connectivity index (χ1n) is 9.70. The van der Waals surface area contributed by atoms with Gasteiger partial charge in [0.25, 0.3) is 0 Å². The van der Waals surface area contributed by atoms with E-state index in [2.05, 4.69) is 10.2 Å². The number of carbonyl (C=O) groups excluding carboxylic acids is 1. The maximum absolute atomic E-state index is 14.2. The summed E-state index contributed by atoms with van der Waals surface area (Å²) in [5.74, 6) is -1.22. The molecule has 0 unspecified atom stereocenters. The van der Waals surface area contributed by atoms with Crippen molar-refractivity contribution < 1.29 is 22.3 Å². The lowest BCUT2D eigenvalue weighted by Crippen LogP contribution is -2.48. The lowest BCUT2D eigenvalue weighted by atomic mass is 10.1. The average molecular weight is 436 g/mol. The highest BCUT2D eigenvalue weighted by Gasteiger charge is 2.30. The van der Waals surface area contributed by atoms with E-state index in [9.17, 15) is 17.6 Å². The minimum atomic E-state index is -3.87. The molecule has 1 aliphatic heterocycles. The van der Waals surface area contributed by atoms with Crippen molar-refractivity contribution >= 4 is 27.3 Å². The van der Waals surface area contributed by atoms with Gasteiger partial charge in [0.15, 0.2) is 0 Å². The summed E-state index contributed by atoms with van der Waals surface area (Å²) >= 11 is 0. The van der Waals surface area contributed by atoms with Gasteiger partial charge in [-0.25, -0.2) is 12.8 Å². The van der Waals surface area contributed by atoms with E-state index in [1.54, 1.807) is 0 Å². The molecule has 7 nitrogen and oxygen atoms in total. The van der Waals surface area contributed by atoms with Crippen molar-refractivity contribution in [1.82, 2.24) is 5.32 Å². The van der Waals surface area contributed by atoms with Crippen LogP contribution in [0.5, 0.6) is 0 Å². The van der Waals surface area contributed by atoms with E-state index >= 15 is 0 Å². The number of ether oxygens (including phenoxy) is 1. The average Bonchev–Trinajstić information content (AvgIpc) is 2.73. The monoisotopic (exact) mass is 435 g/mol. The van der Waals surface area contributed by atoms with Crippen LogP contribution in [0.3, 0.4) is 0 Å². The van der Waals surface area contributed by atoms with Gasteiger partial charge in [-0.3, -0.25) is 9.10 Å². The summed E-state index contributed by atoms with van der Waals surface area (Å²) in [5, 5.41) is 2.74. The van der Waals surface area contributed by atoms with Gasteiger partial charge in [-0.2, -0.15) is 0 Å². The SMILES string of the molecule is C[C@@H](C(=O)NCc1ccc(N2CCOCC2)cc1)N(c1ccccc1F)S(C)(=O)=O. The molecule has 0 saturated carbocycles. The van der Waals surface area contributed by atoms with Crippen molar-refractivity contribution in [3.63, 3.8) is 0 Å². The maximum atomic E-state index is 14.2. The van der Waals surface area contributed by atoms with E-state index in [0.717, 1.165) is 41.0 Å². The molecule has 0 aromatic heterocycles. The van der Waals surface area contributed by atoms with E-state index in [1.165, 1.54) is 25.1 Å². The third kappa shape index (κ3) is 5.28. The summed E-state index contributed by atoms with van der Waals surface area (Å²) in [5.41, 5.74) is 1.81. The molecule has 2 aromatic rings. The smallest absolute Gasteiger partial charge is 0.243 e. The van der Waals surface area contributed by atoms with Gasteiger partial charge in [0.05, 0.1) is 25.2 Å². The lowest BCUT2D eigenvalue weighted by molar-refractivity contribution is -0.122. The number of nitrogens with zero attached hydrogens (tertiary/aromatic N) is 2. The number of rotatable bonds is 7. The Morgan fingerprint density at radius 2 is 1.80 bits per heavy atom. The Balaban J connectivity index is 1.66. The molecule has 1 atom stereocenters. The van der Waals surface area contributed by atoms with Crippen LogP contribution >= 0.6 is 0 Å². The predicted molar refractivity (Wildman–Crippen MR) is 115 cm³/mol. The van der Waals surface area contributed by atoms with Gasteiger partial charge in [0.1, 0.15) is 11.9 Å². The number of hydrogen-bond acceptors (Lipinski definition) is 5. The Bertz CT molecular complexity index is 976. The molecule has 2 aromatic carbocycles. The van der Waals surface area contributed by atoms with E-state index in [0.29, 0.717) is 13.2 Å². The van der Waals surface area contributed by atoms with Gasteiger partial charge in [-0.1, -0.05) is 24.3 Å². The molecule has 1 amide bonds. The van der Waals surface area contributed by atoms with E-state index in [-0.39, 0.29) is 12.2 Å². The molecule has 162 valence electrons. The van der Waals surface area contributed by atoms with Crippen LogP contribution in [0.4, 0.5) is 15.8 Å². The number of morpholine rings is 1. The standard InChI is InChI=1S/C21H26FN3O4S/c1-16(25(30(2,27)28)20-6-4-3-5-19(20)22)21(26)23-15-17-7-9-18(10-8-17)24-11-13-29-14-12-24/h3-10,16H,11-15H2,1-2H3,(H,23,26)/t16-/m0/s1. The van der Waals surface area contributed by atoms with Gasteiger partial charge in [0.2, 0.25) is 15.9 Å². The molecule has 1 fully saturated rings. The second-order valence-corrected chi connectivity index (χ2v) is 9.03. The van der Waals surface area contributed by atoms with Gasteiger partial charge in [0, 0.05) is 25.3 Å². The van der Waals surface area contributed by atoms with Crippen LogP contribution in [0.1, 0.15) is 12.5 Å². The van der Waals surface area contributed by atoms with Crippen molar-refractivity contribution in [3.8, 4) is 0 Å². The Labute approximate surface area is 176 Å². The summed E-state index contributed by atoms with van der Waals surface area (Å²) in [7, 11) is -3.87. The van der Waals surface area contributed by atoms with Crippen LogP contribution in [0.15, 0.2) is 48.5 Å². The molecule has 1 heterocycles. The third-order valence-corrected chi connectivity index (χ3v) is 6.19. The van der Waals surface area contributed by atoms with Gasteiger partial charge in [-0.15, -0.1) is 0 Å². The fourth-order valence-corrected chi connectivity index (χ4v) is 4.57. The zero-order valence-corrected chi connectivity index (χ0v) is 17.9. The van der Waals surface area contributed by atoms with Crippen LogP contribution in [-0.4, -0.2) is 52.9 Å². The molecule has 0 radical (unpaired) electrons. The van der Waals surface area contributed by atoms with Gasteiger partial charge >= 0.3 is 0 Å². The first kappa shape index (κ1) is 22.0. The summed E-state index contributed by atoms with van der Waals surface area (Å²) in [6.45, 7) is 4.75. The fraction of sp³-hybridized carbons (Fsp3) is 0.381. The number of hydrogen-bond donors (Lipinski definition) is 1. The second kappa shape index (κ2) is 9.44. The molecule has 30 heavy (non-hydrogen) atoms. The molecular formula is C21H26FN3O4S. The highest BCUT2D eigenvalue weighted by molar-refractivity contribution is 7.92. The number of nitrogens with one attached hydrogen (secondary N) is 1. The highest BCUT2D eigenvalue weighted by atomic mass is 32.2. The van der Waals surface area contributed by atoms with Gasteiger partial charge in [-0.05, 0) is 36.8 Å². The molecule has 1 N–H and O–H groups in total. The normalized spacial score (nSPS) is 15.5. The molecular weight excluding hydrogens is 409 g/mol. The number of benzene rings is 2. The van der Waals surface area contributed by atoms with Crippen LogP contribution in [0, 0.1) is 5.82 Å². The van der Waals surface area contributed by atoms with Crippen molar-refractivity contribution in [2.45, 2.75) is 19.5 Å². The molecule has 9 heteroatoms. The number of carbonyl (C=O) groups is 1. The summed E-state index contributed by atoms with van der Waals surface area (Å²) < 4.78 is 44.9. The Morgan fingerprint density at radius 1 is 1.17 bits per heavy atom. The van der Waals surface area contributed by atoms with Crippen LogP contribution in [0.25, 0.3) is 0 Å². The Hall–Kier alpha value is -2.65. The first-order chi connectivity index (χ1) is 14.3. The largest absolute Gasteiger partial charge is 0.378 e. The second-order valence-electron chi connectivity index (χ2n) is 7.17. The van der Waals surface area contributed by atoms with E-state index in [4.69, 9.17) is 4.74 Å². The van der Waals surface area contributed by atoms with Crippen molar-refractivity contribution in [2.24, 2.45) is 0 Å². The Kier molecular flexibility index (Phi) is 6.94. The van der Waals surface area contributed by atoms with E-state index < -0.39 is 27.8 Å². The molecule has 0 spiro atoms. The minimum absolute atomic E-state index is 0.155. The molecule has 1 aliphatic rings. The zero-order chi connectivity index (χ0) is 21.7. The van der Waals surface area contributed by atoms with Crippen LogP contribution < -0.4 is 14.5 Å². The number of para-hydroxylation sites is 1. The first-order valence-corrected chi connectivity index (χ1v) is 11.6. The molecule has 0 aliphatic carbocycles. The topological polar surface area (TPSA) is 79.0 Å². The Morgan fingerprint density at radius 3 is 2.40 bits per heavy atom. The van der Waals surface area contributed by atoms with Crippen molar-refractivity contribution in [1.29, 1.82) is 0 Å².